The van der Waals surface area contributed by atoms with E-state index in [2.05, 4.69) is 26.7 Å². The van der Waals surface area contributed by atoms with Crippen molar-refractivity contribution in [3.8, 4) is 0 Å². The second-order valence-corrected chi connectivity index (χ2v) is 2.63. The summed E-state index contributed by atoms with van der Waals surface area (Å²) in [7, 11) is 0. The van der Waals surface area contributed by atoms with Crippen molar-refractivity contribution in [3.05, 3.63) is 62.3 Å². The summed E-state index contributed by atoms with van der Waals surface area (Å²) >= 11 is 0. The lowest BCUT2D eigenvalue weighted by molar-refractivity contribution is 0.961. The molecule has 0 saturated heterocycles. The van der Waals surface area contributed by atoms with Crippen LogP contribution in [0.3, 0.4) is 0 Å². The molecule has 0 aromatic heterocycles. The predicted octanol–water partition coefficient (Wildman–Crippen LogP) is 5.47. The molecule has 0 unspecified atom stereocenters. The predicted molar refractivity (Wildman–Crippen MR) is 75.1 cm³/mol. The molecular weight excluding hydrogens is 180 g/mol. The number of allylic oxidation sites excluding steroid dienone is 7. The van der Waals surface area contributed by atoms with Crippen molar-refractivity contribution in [1.29, 1.82) is 0 Å². The molecule has 0 spiro atoms. The average Bonchev–Trinajstić information content (AvgIpc) is 2.22. The van der Waals surface area contributed by atoms with E-state index in [1.165, 1.54) is 6.42 Å². The third-order valence-corrected chi connectivity index (χ3v) is 1.04. The zero-order valence-corrected chi connectivity index (χ0v) is 10.6. The van der Waals surface area contributed by atoms with E-state index < -0.39 is 0 Å². The van der Waals surface area contributed by atoms with Gasteiger partial charge in [-0.3, -0.25) is 0 Å². The first-order valence-electron chi connectivity index (χ1n) is 5.33. The summed E-state index contributed by atoms with van der Waals surface area (Å²) in [4.78, 5) is 0. The van der Waals surface area contributed by atoms with Crippen LogP contribution in [0.4, 0.5) is 0 Å². The van der Waals surface area contributed by atoms with E-state index in [4.69, 9.17) is 0 Å². The molecule has 0 amide bonds. The van der Waals surface area contributed by atoms with Crippen LogP contribution in [0.2, 0.25) is 0 Å². The molecule has 0 nitrogen and oxygen atoms in total. The first kappa shape index (κ1) is 19.3. The van der Waals surface area contributed by atoms with Gasteiger partial charge in [-0.2, -0.15) is 0 Å². The fourth-order valence-electron chi connectivity index (χ4n) is 0.458. The molecule has 0 heteroatoms. The van der Waals surface area contributed by atoms with E-state index in [1.54, 1.807) is 12.2 Å². The van der Waals surface area contributed by atoms with Crippen molar-refractivity contribution < 1.29 is 0 Å². The Labute approximate surface area is 96.4 Å². The van der Waals surface area contributed by atoms with Gasteiger partial charge in [0.25, 0.3) is 0 Å². The summed E-state index contributed by atoms with van der Waals surface area (Å²) in [6, 6.07) is 0. The Kier molecular flexibility index (Phi) is 37.7. The van der Waals surface area contributed by atoms with Crippen molar-refractivity contribution in [1.82, 2.24) is 0 Å². The fraction of sp³-hybridized carbons (Fsp3) is 0.333. The minimum atomic E-state index is 1.15. The molecule has 0 N–H and O–H groups in total. The van der Waals surface area contributed by atoms with Crippen LogP contribution >= 0.6 is 0 Å². The molecule has 0 aliphatic rings. The molecule has 0 saturated carbocycles. The first-order valence-corrected chi connectivity index (χ1v) is 5.33. The van der Waals surface area contributed by atoms with Crippen LogP contribution in [0.25, 0.3) is 0 Å². The first-order chi connectivity index (χ1) is 7.24. The molecule has 0 aliphatic carbocycles. The molecule has 0 aromatic carbocycles. The number of hydrogen-bond donors (Lipinski definition) is 0. The van der Waals surface area contributed by atoms with Crippen LogP contribution in [0.15, 0.2) is 62.3 Å². The molecule has 0 heterocycles. The third-order valence-electron chi connectivity index (χ3n) is 1.04. The molecule has 0 atom stereocenters. The maximum atomic E-state index is 3.55. The molecule has 0 aliphatic heterocycles. The largest absolute Gasteiger partial charge is 0.103 e. The van der Waals surface area contributed by atoms with Crippen LogP contribution in [0.1, 0.15) is 33.6 Å². The molecule has 0 bridgehead atoms. The van der Waals surface area contributed by atoms with Gasteiger partial charge in [0.05, 0.1) is 0 Å². The lowest BCUT2D eigenvalue weighted by atomic mass is 10.3. The van der Waals surface area contributed by atoms with Crippen LogP contribution in [0.5, 0.6) is 0 Å². The van der Waals surface area contributed by atoms with Gasteiger partial charge in [0.15, 0.2) is 0 Å². The normalized spacial score (nSPS) is 8.47. The second-order valence-electron chi connectivity index (χ2n) is 2.63. The van der Waals surface area contributed by atoms with E-state index in [0.29, 0.717) is 0 Å². The Hall–Kier alpha value is -1.30. The van der Waals surface area contributed by atoms with E-state index >= 15 is 0 Å². The summed E-state index contributed by atoms with van der Waals surface area (Å²) in [5, 5.41) is 0. The Balaban J connectivity index is -0.000000158. The number of unbranched alkanes of at least 4 members (excludes halogenated alkanes) is 1. The van der Waals surface area contributed by atoms with Crippen molar-refractivity contribution in [2.45, 2.75) is 33.6 Å². The summed E-state index contributed by atoms with van der Waals surface area (Å²) in [6.45, 7) is 16.4. The van der Waals surface area contributed by atoms with Gasteiger partial charge >= 0.3 is 0 Å². The molecule has 0 aromatic rings. The highest BCUT2D eigenvalue weighted by Gasteiger charge is 1.61. The van der Waals surface area contributed by atoms with Gasteiger partial charge < -0.3 is 0 Å². The lowest BCUT2D eigenvalue weighted by Gasteiger charge is -1.72. The Bertz CT molecular complexity index is 170. The van der Waals surface area contributed by atoms with E-state index in [1.807, 2.05) is 44.2 Å². The van der Waals surface area contributed by atoms with E-state index in [0.717, 1.165) is 6.42 Å². The average molecular weight is 206 g/mol. The van der Waals surface area contributed by atoms with Gasteiger partial charge in [-0.05, 0) is 20.3 Å². The SMILES string of the molecule is C=C/C=C\C=C/C.C=CC.C=CCCC. The van der Waals surface area contributed by atoms with Gasteiger partial charge in [-0.1, -0.05) is 62.5 Å². The van der Waals surface area contributed by atoms with Crippen molar-refractivity contribution in [2.24, 2.45) is 0 Å². The summed E-state index contributed by atoms with van der Waals surface area (Å²) in [5.74, 6) is 0. The maximum absolute atomic E-state index is 3.55. The van der Waals surface area contributed by atoms with Crippen LogP contribution in [0, 0.1) is 0 Å². The van der Waals surface area contributed by atoms with Crippen molar-refractivity contribution in [3.63, 3.8) is 0 Å². The number of rotatable bonds is 4. The van der Waals surface area contributed by atoms with Crippen molar-refractivity contribution >= 4 is 0 Å². The Morgan fingerprint density at radius 2 is 1.47 bits per heavy atom. The molecular formula is C15H26. The monoisotopic (exact) mass is 206 g/mol. The topological polar surface area (TPSA) is 0 Å². The lowest BCUT2D eigenvalue weighted by Crippen LogP contribution is -1.52. The van der Waals surface area contributed by atoms with Crippen LogP contribution < -0.4 is 0 Å². The van der Waals surface area contributed by atoms with Crippen LogP contribution in [-0.2, 0) is 0 Å². The zero-order valence-electron chi connectivity index (χ0n) is 10.6. The molecule has 0 rings (SSSR count). The van der Waals surface area contributed by atoms with E-state index in [9.17, 15) is 0 Å². The second kappa shape index (κ2) is 29.3. The fourth-order valence-corrected chi connectivity index (χ4v) is 0.458. The van der Waals surface area contributed by atoms with Gasteiger partial charge in [-0.15, -0.1) is 13.2 Å². The van der Waals surface area contributed by atoms with Gasteiger partial charge in [0, 0.05) is 0 Å². The quantitative estimate of drug-likeness (QED) is 0.422. The van der Waals surface area contributed by atoms with Gasteiger partial charge in [-0.25, -0.2) is 0 Å². The highest BCUT2D eigenvalue weighted by atomic mass is 13.7. The minimum absolute atomic E-state index is 1.15. The summed E-state index contributed by atoms with van der Waals surface area (Å²) in [5.41, 5.74) is 0. The molecule has 0 radical (unpaired) electrons. The molecule has 86 valence electrons. The van der Waals surface area contributed by atoms with Gasteiger partial charge in [0.2, 0.25) is 0 Å². The third kappa shape index (κ3) is 65.8. The zero-order chi connectivity index (χ0) is 12.4. The van der Waals surface area contributed by atoms with Gasteiger partial charge in [0.1, 0.15) is 0 Å². The Morgan fingerprint density at radius 1 is 0.933 bits per heavy atom. The number of hydrogen-bond acceptors (Lipinski definition) is 0. The van der Waals surface area contributed by atoms with Crippen molar-refractivity contribution in [2.75, 3.05) is 0 Å². The summed E-state index contributed by atoms with van der Waals surface area (Å²) < 4.78 is 0. The van der Waals surface area contributed by atoms with E-state index in [-0.39, 0.29) is 0 Å². The Morgan fingerprint density at radius 3 is 1.67 bits per heavy atom. The standard InChI is InChI=1S/C7H10.C5H10.C3H6/c1-3-5-7-6-4-2;1-3-5-4-2;1-3-2/h3-7H,1H2,2H3;3H,1,4-5H2,2H3;3H,1H2,2H3/b6-4-,7-5-;;. The molecule has 0 fully saturated rings. The highest BCUT2D eigenvalue weighted by molar-refractivity contribution is 5.07. The minimum Gasteiger partial charge on any atom is -0.103 e. The maximum Gasteiger partial charge on any atom is -0.0356 e. The van der Waals surface area contributed by atoms with Crippen LogP contribution in [-0.4, -0.2) is 0 Å². The highest BCUT2D eigenvalue weighted by Crippen LogP contribution is 1.82. The smallest absolute Gasteiger partial charge is 0.0356 e. The summed E-state index contributed by atoms with van der Waals surface area (Å²) in [6.07, 6.45) is 15.6. The molecule has 15 heavy (non-hydrogen) atoms.